The molecule has 0 unspecified atom stereocenters. The van der Waals surface area contributed by atoms with Gasteiger partial charge in [0.2, 0.25) is 0 Å². The molecule has 2 rings (SSSR count). The Labute approximate surface area is 92.9 Å². The minimum atomic E-state index is 0.477. The van der Waals surface area contributed by atoms with Gasteiger partial charge in [-0.3, -0.25) is 0 Å². The summed E-state index contributed by atoms with van der Waals surface area (Å²) in [7, 11) is 0. The molecule has 2 heterocycles. The fourth-order valence-corrected chi connectivity index (χ4v) is 1.54. The Morgan fingerprint density at radius 1 is 1.20 bits per heavy atom. The highest BCUT2D eigenvalue weighted by Gasteiger charge is 2.09. The molecule has 4 nitrogen and oxygen atoms in total. The molecule has 0 saturated carbocycles. The molecule has 0 atom stereocenters. The van der Waals surface area contributed by atoms with E-state index in [2.05, 4.69) is 15.1 Å². The van der Waals surface area contributed by atoms with Crippen LogP contribution in [0.3, 0.4) is 0 Å². The van der Waals surface area contributed by atoms with Crippen LogP contribution in [0.4, 0.5) is 0 Å². The second kappa shape index (κ2) is 3.62. The van der Waals surface area contributed by atoms with Gasteiger partial charge in [0.05, 0.1) is 5.69 Å². The van der Waals surface area contributed by atoms with Crippen LogP contribution >= 0.6 is 11.6 Å². The van der Waals surface area contributed by atoms with E-state index < -0.39 is 0 Å². The summed E-state index contributed by atoms with van der Waals surface area (Å²) in [6.07, 6.45) is 1.86. The highest BCUT2D eigenvalue weighted by atomic mass is 35.5. The molecule has 0 spiro atoms. The van der Waals surface area contributed by atoms with E-state index in [9.17, 15) is 0 Å². The molecule has 78 valence electrons. The van der Waals surface area contributed by atoms with Crippen LogP contribution in [0.1, 0.15) is 17.1 Å². The van der Waals surface area contributed by atoms with Crippen LogP contribution < -0.4 is 0 Å². The Morgan fingerprint density at radius 3 is 2.53 bits per heavy atom. The smallest absolute Gasteiger partial charge is 0.161 e. The zero-order valence-corrected chi connectivity index (χ0v) is 9.58. The van der Waals surface area contributed by atoms with Crippen molar-refractivity contribution in [2.75, 3.05) is 0 Å². The summed E-state index contributed by atoms with van der Waals surface area (Å²) in [6.45, 7) is 5.63. The maximum atomic E-state index is 5.98. The van der Waals surface area contributed by atoms with Gasteiger partial charge in [-0.05, 0) is 26.8 Å². The zero-order chi connectivity index (χ0) is 11.0. The average Bonchev–Trinajstić information content (AvgIpc) is 2.58. The summed E-state index contributed by atoms with van der Waals surface area (Å²) < 4.78 is 1.71. The molecule has 0 bridgehead atoms. The van der Waals surface area contributed by atoms with Crippen molar-refractivity contribution in [2.45, 2.75) is 20.8 Å². The highest BCUT2D eigenvalue weighted by molar-refractivity contribution is 6.30. The predicted octanol–water partition coefficient (Wildman–Crippen LogP) is 2.24. The standard InChI is InChI=1S/C10H11ClN4/c1-6-4-5-15(14-6)10-7(2)9(11)12-8(3)13-10/h4-5H,1-3H3. The third-order valence-electron chi connectivity index (χ3n) is 2.11. The lowest BCUT2D eigenvalue weighted by Crippen LogP contribution is -2.05. The molecule has 0 N–H and O–H groups in total. The Morgan fingerprint density at radius 2 is 1.93 bits per heavy atom. The third kappa shape index (κ3) is 1.85. The fraction of sp³-hybridized carbons (Fsp3) is 0.300. The number of nitrogens with zero attached hydrogens (tertiary/aromatic N) is 4. The Balaban J connectivity index is 2.62. The van der Waals surface area contributed by atoms with E-state index in [-0.39, 0.29) is 0 Å². The third-order valence-corrected chi connectivity index (χ3v) is 2.48. The number of aryl methyl sites for hydroxylation is 2. The summed E-state index contributed by atoms with van der Waals surface area (Å²) in [6, 6.07) is 1.92. The van der Waals surface area contributed by atoms with E-state index in [0.29, 0.717) is 11.0 Å². The van der Waals surface area contributed by atoms with Crippen molar-refractivity contribution in [1.29, 1.82) is 0 Å². The molecule has 2 aromatic rings. The first-order valence-electron chi connectivity index (χ1n) is 4.61. The van der Waals surface area contributed by atoms with Crippen LogP contribution in [0.15, 0.2) is 12.3 Å². The Kier molecular flexibility index (Phi) is 2.44. The maximum absolute atomic E-state index is 5.98. The van der Waals surface area contributed by atoms with Crippen molar-refractivity contribution in [2.24, 2.45) is 0 Å². The first kappa shape index (κ1) is 10.1. The molecule has 0 aliphatic rings. The zero-order valence-electron chi connectivity index (χ0n) is 8.82. The van der Waals surface area contributed by atoms with Crippen molar-refractivity contribution in [3.63, 3.8) is 0 Å². The molecule has 5 heteroatoms. The topological polar surface area (TPSA) is 43.6 Å². The normalized spacial score (nSPS) is 10.7. The monoisotopic (exact) mass is 222 g/mol. The lowest BCUT2D eigenvalue weighted by molar-refractivity contribution is 0.806. The molecule has 0 aliphatic heterocycles. The molecule has 0 radical (unpaired) electrons. The Hall–Kier alpha value is -1.42. The van der Waals surface area contributed by atoms with E-state index in [1.165, 1.54) is 0 Å². The van der Waals surface area contributed by atoms with Gasteiger partial charge in [0.25, 0.3) is 0 Å². The Bertz CT molecular complexity index is 504. The number of halogens is 1. The minimum Gasteiger partial charge on any atom is -0.222 e. The van der Waals surface area contributed by atoms with Crippen molar-refractivity contribution in [3.05, 3.63) is 34.5 Å². The summed E-state index contributed by atoms with van der Waals surface area (Å²) in [5.74, 6) is 1.38. The lowest BCUT2D eigenvalue weighted by atomic mass is 10.3. The summed E-state index contributed by atoms with van der Waals surface area (Å²) in [5, 5.41) is 4.77. The molecule has 15 heavy (non-hydrogen) atoms. The fourth-order valence-electron chi connectivity index (χ4n) is 1.34. The van der Waals surface area contributed by atoms with Crippen molar-refractivity contribution < 1.29 is 0 Å². The van der Waals surface area contributed by atoms with E-state index in [1.807, 2.05) is 33.0 Å². The molecule has 0 aromatic carbocycles. The van der Waals surface area contributed by atoms with E-state index in [4.69, 9.17) is 11.6 Å². The van der Waals surface area contributed by atoms with Gasteiger partial charge >= 0.3 is 0 Å². The van der Waals surface area contributed by atoms with Crippen LogP contribution in [0.5, 0.6) is 0 Å². The van der Waals surface area contributed by atoms with Crippen LogP contribution in [-0.2, 0) is 0 Å². The number of aromatic nitrogens is 4. The van der Waals surface area contributed by atoms with Gasteiger partial charge in [-0.1, -0.05) is 11.6 Å². The van der Waals surface area contributed by atoms with Crippen LogP contribution in [0, 0.1) is 20.8 Å². The number of hydrogen-bond donors (Lipinski definition) is 0. The van der Waals surface area contributed by atoms with Gasteiger partial charge in [0.1, 0.15) is 11.0 Å². The first-order valence-corrected chi connectivity index (χ1v) is 4.99. The lowest BCUT2D eigenvalue weighted by Gasteiger charge is -2.06. The predicted molar refractivity (Wildman–Crippen MR) is 58.4 cm³/mol. The van der Waals surface area contributed by atoms with E-state index in [0.717, 1.165) is 17.1 Å². The second-order valence-corrected chi connectivity index (χ2v) is 3.77. The van der Waals surface area contributed by atoms with Crippen LogP contribution in [0.25, 0.3) is 5.82 Å². The molecule has 2 aromatic heterocycles. The molecular formula is C10H11ClN4. The maximum Gasteiger partial charge on any atom is 0.161 e. The van der Waals surface area contributed by atoms with E-state index in [1.54, 1.807) is 4.68 Å². The SMILES string of the molecule is Cc1ccn(-c2nc(C)nc(Cl)c2C)n1. The van der Waals surface area contributed by atoms with Gasteiger partial charge in [-0.2, -0.15) is 5.10 Å². The number of rotatable bonds is 1. The quantitative estimate of drug-likeness (QED) is 0.695. The van der Waals surface area contributed by atoms with Crippen LogP contribution in [0.2, 0.25) is 5.15 Å². The molecule has 0 amide bonds. The molecule has 0 aliphatic carbocycles. The summed E-state index contributed by atoms with van der Waals surface area (Å²) in [4.78, 5) is 8.40. The van der Waals surface area contributed by atoms with Crippen molar-refractivity contribution >= 4 is 11.6 Å². The van der Waals surface area contributed by atoms with Crippen molar-refractivity contribution in [3.8, 4) is 5.82 Å². The molecular weight excluding hydrogens is 212 g/mol. The van der Waals surface area contributed by atoms with Crippen molar-refractivity contribution in [1.82, 2.24) is 19.7 Å². The summed E-state index contributed by atoms with van der Waals surface area (Å²) >= 11 is 5.98. The second-order valence-electron chi connectivity index (χ2n) is 3.41. The summed E-state index contributed by atoms with van der Waals surface area (Å²) in [5.41, 5.74) is 1.78. The molecule has 0 saturated heterocycles. The minimum absolute atomic E-state index is 0.477. The van der Waals surface area contributed by atoms with Gasteiger partial charge < -0.3 is 0 Å². The van der Waals surface area contributed by atoms with E-state index >= 15 is 0 Å². The van der Waals surface area contributed by atoms with Gasteiger partial charge in [-0.15, -0.1) is 0 Å². The van der Waals surface area contributed by atoms with Gasteiger partial charge in [0, 0.05) is 11.8 Å². The largest absolute Gasteiger partial charge is 0.222 e. The highest BCUT2D eigenvalue weighted by Crippen LogP contribution is 2.18. The molecule has 0 fully saturated rings. The first-order chi connectivity index (χ1) is 7.08. The van der Waals surface area contributed by atoms with Crippen LogP contribution in [-0.4, -0.2) is 19.7 Å². The van der Waals surface area contributed by atoms with Gasteiger partial charge in [0.15, 0.2) is 5.82 Å². The average molecular weight is 223 g/mol. The number of hydrogen-bond acceptors (Lipinski definition) is 3. The van der Waals surface area contributed by atoms with Gasteiger partial charge in [-0.25, -0.2) is 14.6 Å².